The second kappa shape index (κ2) is 13.7. The first-order valence-electron chi connectivity index (χ1n) is 14.9. The Hall–Kier alpha value is -4.14. The van der Waals surface area contributed by atoms with E-state index >= 15 is 0 Å². The molecule has 2 aliphatic heterocycles. The summed E-state index contributed by atoms with van der Waals surface area (Å²) in [6.45, 7) is 3.05. The smallest absolute Gasteiger partial charge is 0.256 e. The zero-order valence-corrected chi connectivity index (χ0v) is 24.5. The molecule has 42 heavy (non-hydrogen) atoms. The molecular formula is C33H40FN5O3. The number of carbonyl (C=O) groups is 2. The van der Waals surface area contributed by atoms with Crippen molar-refractivity contribution in [3.8, 4) is 5.88 Å². The van der Waals surface area contributed by atoms with Gasteiger partial charge in [-0.1, -0.05) is 12.1 Å². The summed E-state index contributed by atoms with van der Waals surface area (Å²) in [7, 11) is 3.96. The van der Waals surface area contributed by atoms with Gasteiger partial charge in [-0.05, 0) is 67.6 Å². The summed E-state index contributed by atoms with van der Waals surface area (Å²) >= 11 is 0. The van der Waals surface area contributed by atoms with E-state index in [0.29, 0.717) is 43.9 Å². The van der Waals surface area contributed by atoms with E-state index in [4.69, 9.17) is 4.74 Å². The van der Waals surface area contributed by atoms with Gasteiger partial charge < -0.3 is 24.8 Å². The summed E-state index contributed by atoms with van der Waals surface area (Å²) < 4.78 is 20.4. The molecule has 0 saturated carbocycles. The van der Waals surface area contributed by atoms with Gasteiger partial charge in [0.15, 0.2) is 0 Å². The summed E-state index contributed by atoms with van der Waals surface area (Å²) in [6, 6.07) is 16.0. The van der Waals surface area contributed by atoms with E-state index in [2.05, 4.69) is 15.2 Å². The lowest BCUT2D eigenvalue weighted by Crippen LogP contribution is -2.42. The van der Waals surface area contributed by atoms with Crippen LogP contribution in [-0.4, -0.2) is 68.1 Å². The molecule has 2 amide bonds. The van der Waals surface area contributed by atoms with Crippen molar-refractivity contribution in [3.05, 3.63) is 77.7 Å². The quantitative estimate of drug-likeness (QED) is 0.363. The zero-order chi connectivity index (χ0) is 29.5. The van der Waals surface area contributed by atoms with Crippen molar-refractivity contribution < 1.29 is 18.7 Å². The van der Waals surface area contributed by atoms with Gasteiger partial charge in [0, 0.05) is 83.2 Å². The van der Waals surface area contributed by atoms with Crippen LogP contribution in [0, 0.1) is 5.82 Å². The van der Waals surface area contributed by atoms with E-state index in [0.717, 1.165) is 30.0 Å². The average Bonchev–Trinajstić information content (AvgIpc) is 3.02. The highest BCUT2D eigenvalue weighted by atomic mass is 19.1. The number of anilines is 3. The molecule has 0 spiro atoms. The first kappa shape index (κ1) is 29.4. The molecule has 222 valence electrons. The van der Waals surface area contributed by atoms with Crippen LogP contribution in [0.5, 0.6) is 5.88 Å². The fourth-order valence-corrected chi connectivity index (χ4v) is 5.56. The number of benzene rings is 2. The Morgan fingerprint density at radius 3 is 2.43 bits per heavy atom. The molecule has 0 atom stereocenters. The maximum atomic E-state index is 14.2. The molecule has 1 N–H and O–H groups in total. The number of aromatic nitrogens is 1. The molecule has 2 fully saturated rings. The van der Waals surface area contributed by atoms with E-state index in [1.54, 1.807) is 11.1 Å². The first-order chi connectivity index (χ1) is 20.4. The zero-order valence-electron chi connectivity index (χ0n) is 24.5. The molecule has 2 aromatic carbocycles. The number of halogens is 1. The Kier molecular flexibility index (Phi) is 9.56. The average molecular weight is 574 g/mol. The summed E-state index contributed by atoms with van der Waals surface area (Å²) in [5.41, 5.74) is 3.76. The van der Waals surface area contributed by atoms with Gasteiger partial charge in [-0.3, -0.25) is 9.59 Å². The molecule has 3 aromatic rings. The third kappa shape index (κ3) is 7.57. The van der Waals surface area contributed by atoms with Gasteiger partial charge in [-0.2, -0.15) is 0 Å². The number of amides is 2. The number of nitrogens with one attached hydrogen (secondary N) is 1. The van der Waals surface area contributed by atoms with Crippen molar-refractivity contribution in [1.82, 2.24) is 9.88 Å². The highest BCUT2D eigenvalue weighted by Gasteiger charge is 2.27. The van der Waals surface area contributed by atoms with E-state index in [1.807, 2.05) is 55.4 Å². The van der Waals surface area contributed by atoms with Crippen molar-refractivity contribution >= 4 is 28.9 Å². The number of aryl methyl sites for hydroxylation is 1. The fourth-order valence-electron chi connectivity index (χ4n) is 5.56. The molecule has 0 bridgehead atoms. The van der Waals surface area contributed by atoms with Gasteiger partial charge in [0.05, 0.1) is 11.3 Å². The number of ether oxygens (including phenoxy) is 1. The van der Waals surface area contributed by atoms with Crippen molar-refractivity contribution in [1.29, 1.82) is 0 Å². The lowest BCUT2D eigenvalue weighted by molar-refractivity contribution is -0.116. The minimum absolute atomic E-state index is 0.0587. The second-order valence-corrected chi connectivity index (χ2v) is 11.3. The molecule has 2 aliphatic rings. The number of hydrogen-bond donors (Lipinski definition) is 1. The standard InChI is InChI=1S/C33H40FN5O3/c1-37(2)26-10-6-24(7-11-26)8-13-31(40)36-30-12-9-25(34)22-29(30)33(41)39-20-15-28(16-21-39)42-32-23-27(14-17-35-32)38-18-4-3-5-19-38/h6-7,9-12,14,17,22-23,28H,3-5,8,13,15-16,18-21H2,1-2H3,(H,36,40). The minimum atomic E-state index is -0.518. The Balaban J connectivity index is 1.15. The van der Waals surface area contributed by atoms with Crippen molar-refractivity contribution in [3.63, 3.8) is 0 Å². The number of likely N-dealkylation sites (tertiary alicyclic amines) is 1. The fraction of sp³-hybridized carbons (Fsp3) is 0.424. The van der Waals surface area contributed by atoms with Gasteiger partial charge >= 0.3 is 0 Å². The maximum absolute atomic E-state index is 14.2. The third-order valence-electron chi connectivity index (χ3n) is 8.04. The maximum Gasteiger partial charge on any atom is 0.256 e. The summed E-state index contributed by atoms with van der Waals surface area (Å²) in [6.07, 6.45) is 7.51. The number of hydrogen-bond acceptors (Lipinski definition) is 6. The Morgan fingerprint density at radius 1 is 0.976 bits per heavy atom. The van der Waals surface area contributed by atoms with Crippen LogP contribution in [0.2, 0.25) is 0 Å². The molecule has 0 radical (unpaired) electrons. The predicted molar refractivity (Wildman–Crippen MR) is 164 cm³/mol. The molecular weight excluding hydrogens is 533 g/mol. The lowest BCUT2D eigenvalue weighted by Gasteiger charge is -2.33. The monoisotopic (exact) mass is 573 g/mol. The number of piperidine rings is 2. The van der Waals surface area contributed by atoms with Crippen LogP contribution in [0.3, 0.4) is 0 Å². The van der Waals surface area contributed by atoms with Crippen LogP contribution in [-0.2, 0) is 11.2 Å². The second-order valence-electron chi connectivity index (χ2n) is 11.3. The van der Waals surface area contributed by atoms with E-state index in [1.165, 1.54) is 37.5 Å². The summed E-state index contributed by atoms with van der Waals surface area (Å²) in [5, 5.41) is 2.83. The van der Waals surface area contributed by atoms with Gasteiger partial charge in [0.1, 0.15) is 11.9 Å². The molecule has 8 nitrogen and oxygen atoms in total. The molecule has 9 heteroatoms. The van der Waals surface area contributed by atoms with Crippen molar-refractivity contribution in [2.75, 3.05) is 55.4 Å². The Morgan fingerprint density at radius 2 is 1.71 bits per heavy atom. The van der Waals surface area contributed by atoms with Crippen LogP contribution >= 0.6 is 0 Å². The number of nitrogens with zero attached hydrogens (tertiary/aromatic N) is 4. The summed E-state index contributed by atoms with van der Waals surface area (Å²) in [4.78, 5) is 36.7. The van der Waals surface area contributed by atoms with E-state index in [-0.39, 0.29) is 29.9 Å². The number of pyridine rings is 1. The Labute approximate surface area is 247 Å². The predicted octanol–water partition coefficient (Wildman–Crippen LogP) is 5.53. The molecule has 1 aromatic heterocycles. The molecule has 3 heterocycles. The minimum Gasteiger partial charge on any atom is -0.474 e. The van der Waals surface area contributed by atoms with Gasteiger partial charge in [0.2, 0.25) is 11.8 Å². The van der Waals surface area contributed by atoms with E-state index < -0.39 is 5.82 Å². The SMILES string of the molecule is CN(C)c1ccc(CCC(=O)Nc2ccc(F)cc2C(=O)N2CCC(Oc3cc(N4CCCCC4)ccn3)CC2)cc1. The molecule has 0 aliphatic carbocycles. The Bertz CT molecular complexity index is 1370. The van der Waals surface area contributed by atoms with E-state index in [9.17, 15) is 14.0 Å². The van der Waals surface area contributed by atoms with Crippen LogP contribution in [0.25, 0.3) is 0 Å². The lowest BCUT2D eigenvalue weighted by atomic mass is 10.0. The van der Waals surface area contributed by atoms with Crippen LogP contribution in [0.4, 0.5) is 21.5 Å². The number of rotatable bonds is 9. The van der Waals surface area contributed by atoms with Crippen molar-refractivity contribution in [2.24, 2.45) is 0 Å². The molecule has 5 rings (SSSR count). The van der Waals surface area contributed by atoms with Gasteiger partial charge in [-0.15, -0.1) is 0 Å². The number of carbonyl (C=O) groups excluding carboxylic acids is 2. The normalized spacial score (nSPS) is 15.8. The molecule has 2 saturated heterocycles. The van der Waals surface area contributed by atoms with Crippen LogP contribution < -0.4 is 19.9 Å². The first-order valence-corrected chi connectivity index (χ1v) is 14.9. The van der Waals surface area contributed by atoms with Gasteiger partial charge in [0.25, 0.3) is 5.91 Å². The van der Waals surface area contributed by atoms with Crippen LogP contribution in [0.1, 0.15) is 54.4 Å². The van der Waals surface area contributed by atoms with Gasteiger partial charge in [-0.25, -0.2) is 9.37 Å². The highest BCUT2D eigenvalue weighted by Crippen LogP contribution is 2.26. The summed E-state index contributed by atoms with van der Waals surface area (Å²) in [5.74, 6) is -0.437. The van der Waals surface area contributed by atoms with Crippen LogP contribution in [0.15, 0.2) is 60.8 Å². The third-order valence-corrected chi connectivity index (χ3v) is 8.04. The highest BCUT2D eigenvalue weighted by molar-refractivity contribution is 6.03. The van der Waals surface area contributed by atoms with Crippen molar-refractivity contribution in [2.45, 2.75) is 51.0 Å². The topological polar surface area (TPSA) is 78.0 Å². The molecule has 0 unspecified atom stereocenters. The largest absolute Gasteiger partial charge is 0.474 e.